The minimum atomic E-state index is -0.153. The zero-order chi connectivity index (χ0) is 19.8. The fourth-order valence-electron chi connectivity index (χ4n) is 3.80. The van der Waals surface area contributed by atoms with Crippen LogP contribution in [0.15, 0.2) is 77.8 Å². The van der Waals surface area contributed by atoms with Gasteiger partial charge in [-0.2, -0.15) is 0 Å². The fourth-order valence-corrected chi connectivity index (χ4v) is 3.80. The predicted octanol–water partition coefficient (Wildman–Crippen LogP) is 3.90. The summed E-state index contributed by atoms with van der Waals surface area (Å²) in [6.07, 6.45) is 11.8. The standard InChI is InChI=1S/C23H22N4O2/c1-15-22(16-4-5-16)26-21-11-8-18(14-27(15)21)25-23(28)17-6-9-19(10-7-17)29-20-3-2-12-24-13-20/h2-3,6-16,22H,4-5H2,1H3,(H,25,28). The van der Waals surface area contributed by atoms with Crippen LogP contribution in [0.2, 0.25) is 0 Å². The third-order valence-electron chi connectivity index (χ3n) is 5.52. The molecule has 0 radical (unpaired) electrons. The molecule has 1 aromatic heterocycles. The van der Waals surface area contributed by atoms with Crippen LogP contribution in [0.3, 0.4) is 0 Å². The molecule has 0 spiro atoms. The largest absolute Gasteiger partial charge is 0.456 e. The van der Waals surface area contributed by atoms with Gasteiger partial charge in [0.15, 0.2) is 0 Å². The van der Waals surface area contributed by atoms with Crippen molar-refractivity contribution in [1.29, 1.82) is 0 Å². The first-order chi connectivity index (χ1) is 14.2. The zero-order valence-electron chi connectivity index (χ0n) is 16.2. The van der Waals surface area contributed by atoms with Gasteiger partial charge in [0.25, 0.3) is 5.91 Å². The molecule has 1 N–H and O–H groups in total. The van der Waals surface area contributed by atoms with E-state index in [1.165, 1.54) is 12.8 Å². The number of rotatable bonds is 5. The normalized spacial score (nSPS) is 22.6. The molecule has 2 unspecified atom stereocenters. The second-order valence-electron chi connectivity index (χ2n) is 7.65. The summed E-state index contributed by atoms with van der Waals surface area (Å²) in [5.74, 6) is 2.87. The van der Waals surface area contributed by atoms with Crippen LogP contribution in [0.4, 0.5) is 0 Å². The molecule has 1 aromatic carbocycles. The molecule has 2 aliphatic heterocycles. The lowest BCUT2D eigenvalue weighted by atomic mass is 10.1. The van der Waals surface area contributed by atoms with Gasteiger partial charge in [-0.1, -0.05) is 0 Å². The van der Waals surface area contributed by atoms with Gasteiger partial charge < -0.3 is 15.0 Å². The molecule has 1 fully saturated rings. The highest BCUT2D eigenvalue weighted by atomic mass is 16.5. The number of carbonyl (C=O) groups excluding carboxylic acids is 1. The molecule has 1 amide bonds. The van der Waals surface area contributed by atoms with Gasteiger partial charge >= 0.3 is 0 Å². The van der Waals surface area contributed by atoms with Crippen LogP contribution in [-0.4, -0.2) is 33.7 Å². The van der Waals surface area contributed by atoms with E-state index in [9.17, 15) is 4.79 Å². The summed E-state index contributed by atoms with van der Waals surface area (Å²) < 4.78 is 5.72. The van der Waals surface area contributed by atoms with Crippen molar-refractivity contribution >= 4 is 11.7 Å². The maximum atomic E-state index is 12.7. The summed E-state index contributed by atoms with van der Waals surface area (Å²) >= 11 is 0. The summed E-state index contributed by atoms with van der Waals surface area (Å²) in [6, 6.07) is 11.4. The van der Waals surface area contributed by atoms with Crippen LogP contribution >= 0.6 is 0 Å². The topological polar surface area (TPSA) is 66.8 Å². The molecule has 29 heavy (non-hydrogen) atoms. The lowest BCUT2D eigenvalue weighted by Crippen LogP contribution is -2.36. The molecule has 146 valence electrons. The zero-order valence-corrected chi connectivity index (χ0v) is 16.2. The Balaban J connectivity index is 1.24. The van der Waals surface area contributed by atoms with Crippen molar-refractivity contribution in [2.45, 2.75) is 31.8 Å². The molecular formula is C23H22N4O2. The van der Waals surface area contributed by atoms with Gasteiger partial charge in [0.2, 0.25) is 0 Å². The number of allylic oxidation sites excluding steroid dienone is 1. The predicted molar refractivity (Wildman–Crippen MR) is 111 cm³/mol. The summed E-state index contributed by atoms with van der Waals surface area (Å²) in [5.41, 5.74) is 1.34. The van der Waals surface area contributed by atoms with Gasteiger partial charge in [-0.05, 0) is 74.2 Å². The number of hydrogen-bond donors (Lipinski definition) is 1. The third kappa shape index (κ3) is 3.66. The SMILES string of the molecule is CC1C(C2CC2)N=C2C=CC(NC(=O)c3ccc(Oc4cccnc4)cc3)=CN21. The molecule has 1 saturated carbocycles. The minimum absolute atomic E-state index is 0.153. The number of amidine groups is 1. The van der Waals surface area contributed by atoms with Crippen molar-refractivity contribution in [2.75, 3.05) is 0 Å². The van der Waals surface area contributed by atoms with Gasteiger partial charge in [0.05, 0.1) is 24.0 Å². The van der Waals surface area contributed by atoms with Crippen LogP contribution in [0, 0.1) is 5.92 Å². The van der Waals surface area contributed by atoms with Gasteiger partial charge in [-0.3, -0.25) is 14.8 Å². The van der Waals surface area contributed by atoms with Crippen LogP contribution in [0.1, 0.15) is 30.1 Å². The number of ether oxygens (including phenoxy) is 1. The van der Waals surface area contributed by atoms with E-state index in [1.54, 1.807) is 36.7 Å². The van der Waals surface area contributed by atoms with E-state index in [4.69, 9.17) is 9.73 Å². The molecule has 3 aliphatic rings. The number of benzene rings is 1. The second kappa shape index (κ2) is 7.20. The number of nitrogens with zero attached hydrogens (tertiary/aromatic N) is 3. The number of hydrogen-bond acceptors (Lipinski definition) is 5. The summed E-state index contributed by atoms with van der Waals surface area (Å²) in [7, 11) is 0. The molecule has 2 atom stereocenters. The molecule has 1 aliphatic carbocycles. The summed E-state index contributed by atoms with van der Waals surface area (Å²) in [6.45, 7) is 2.20. The Bertz CT molecular complexity index is 1010. The number of aromatic nitrogens is 1. The van der Waals surface area contributed by atoms with E-state index < -0.39 is 0 Å². The smallest absolute Gasteiger partial charge is 0.255 e. The first kappa shape index (κ1) is 17.7. The Labute approximate surface area is 169 Å². The van der Waals surface area contributed by atoms with E-state index in [0.29, 0.717) is 29.1 Å². The number of pyridine rings is 1. The Kier molecular flexibility index (Phi) is 4.39. The molecule has 6 heteroatoms. The first-order valence-electron chi connectivity index (χ1n) is 9.93. The van der Waals surface area contributed by atoms with Gasteiger partial charge in [-0.15, -0.1) is 0 Å². The van der Waals surface area contributed by atoms with E-state index in [2.05, 4.69) is 22.1 Å². The van der Waals surface area contributed by atoms with Gasteiger partial charge in [-0.25, -0.2) is 0 Å². The molecule has 5 rings (SSSR count). The van der Waals surface area contributed by atoms with Crippen molar-refractivity contribution in [3.8, 4) is 11.5 Å². The average Bonchev–Trinajstić information content (AvgIpc) is 3.54. The Hall–Kier alpha value is -3.41. The second-order valence-corrected chi connectivity index (χ2v) is 7.65. The molecule has 6 nitrogen and oxygen atoms in total. The minimum Gasteiger partial charge on any atom is -0.456 e. The molecule has 0 bridgehead atoms. The molecule has 3 heterocycles. The van der Waals surface area contributed by atoms with Gasteiger partial charge in [0, 0.05) is 18.0 Å². The van der Waals surface area contributed by atoms with E-state index >= 15 is 0 Å². The Morgan fingerprint density at radius 2 is 1.97 bits per heavy atom. The molecular weight excluding hydrogens is 364 g/mol. The average molecular weight is 386 g/mol. The van der Waals surface area contributed by atoms with E-state index in [-0.39, 0.29) is 5.91 Å². The number of nitrogens with one attached hydrogen (secondary N) is 1. The third-order valence-corrected chi connectivity index (χ3v) is 5.52. The van der Waals surface area contributed by atoms with Crippen LogP contribution in [0.5, 0.6) is 11.5 Å². The van der Waals surface area contributed by atoms with Crippen molar-refractivity contribution in [3.63, 3.8) is 0 Å². The van der Waals surface area contributed by atoms with E-state index in [1.807, 2.05) is 30.5 Å². The lowest BCUT2D eigenvalue weighted by molar-refractivity contribution is 0.0966. The van der Waals surface area contributed by atoms with Crippen molar-refractivity contribution in [3.05, 3.63) is 78.4 Å². The first-order valence-corrected chi connectivity index (χ1v) is 9.93. The monoisotopic (exact) mass is 386 g/mol. The molecule has 2 aromatic rings. The Morgan fingerprint density at radius 3 is 2.69 bits per heavy atom. The Morgan fingerprint density at radius 1 is 1.14 bits per heavy atom. The van der Waals surface area contributed by atoms with Crippen molar-refractivity contribution < 1.29 is 9.53 Å². The van der Waals surface area contributed by atoms with Crippen molar-refractivity contribution in [2.24, 2.45) is 10.9 Å². The van der Waals surface area contributed by atoms with Crippen LogP contribution < -0.4 is 10.1 Å². The van der Waals surface area contributed by atoms with E-state index in [0.717, 1.165) is 17.5 Å². The fraction of sp³-hybridized carbons (Fsp3) is 0.261. The highest BCUT2D eigenvalue weighted by Gasteiger charge is 2.41. The lowest BCUT2D eigenvalue weighted by Gasteiger charge is -2.26. The number of carbonyl (C=O) groups is 1. The maximum Gasteiger partial charge on any atom is 0.255 e. The van der Waals surface area contributed by atoms with Gasteiger partial charge in [0.1, 0.15) is 17.3 Å². The highest BCUT2D eigenvalue weighted by Crippen LogP contribution is 2.40. The highest BCUT2D eigenvalue weighted by molar-refractivity contribution is 5.99. The molecule has 0 saturated heterocycles. The number of amides is 1. The van der Waals surface area contributed by atoms with Crippen molar-refractivity contribution in [1.82, 2.24) is 15.2 Å². The number of aliphatic imine (C=N–C) groups is 1. The van der Waals surface area contributed by atoms with Crippen LogP contribution in [-0.2, 0) is 0 Å². The summed E-state index contributed by atoms with van der Waals surface area (Å²) in [4.78, 5) is 23.7. The maximum absolute atomic E-state index is 12.7. The van der Waals surface area contributed by atoms with Crippen LogP contribution in [0.25, 0.3) is 0 Å². The number of fused-ring (bicyclic) bond motifs is 1. The summed E-state index contributed by atoms with van der Waals surface area (Å²) in [5, 5.41) is 2.99. The quantitative estimate of drug-likeness (QED) is 0.846.